The maximum absolute atomic E-state index is 11.7. The standard InChI is InChI=1S/C19H26N2O2.ClH/c1-2-12-20-13-14-21-19(22)11-6-15-23-18-10-5-8-16-7-3-4-9-17(16)18;/h3-5,7-10,20H,2,6,11-15H2,1H3,(H,21,22);1H. The summed E-state index contributed by atoms with van der Waals surface area (Å²) in [5, 5.41) is 8.45. The molecular weight excluding hydrogens is 324 g/mol. The lowest BCUT2D eigenvalue weighted by Gasteiger charge is -2.09. The number of rotatable bonds is 10. The molecule has 0 aromatic heterocycles. The number of hydrogen-bond acceptors (Lipinski definition) is 3. The molecule has 0 bridgehead atoms. The van der Waals surface area contributed by atoms with Crippen LogP contribution in [0, 0.1) is 0 Å². The monoisotopic (exact) mass is 350 g/mol. The molecule has 2 aromatic rings. The lowest BCUT2D eigenvalue weighted by molar-refractivity contribution is -0.121. The van der Waals surface area contributed by atoms with Gasteiger partial charge in [0.15, 0.2) is 0 Å². The van der Waals surface area contributed by atoms with Crippen molar-refractivity contribution in [3.8, 4) is 5.75 Å². The molecule has 1 amide bonds. The van der Waals surface area contributed by atoms with Gasteiger partial charge in [-0.25, -0.2) is 0 Å². The molecule has 2 rings (SSSR count). The van der Waals surface area contributed by atoms with Crippen LogP contribution >= 0.6 is 12.4 Å². The van der Waals surface area contributed by atoms with E-state index in [1.165, 1.54) is 5.39 Å². The van der Waals surface area contributed by atoms with Crippen molar-refractivity contribution in [2.75, 3.05) is 26.2 Å². The first kappa shape index (κ1) is 20.3. The highest BCUT2D eigenvalue weighted by Gasteiger charge is 2.03. The van der Waals surface area contributed by atoms with Gasteiger partial charge in [-0.1, -0.05) is 43.3 Å². The van der Waals surface area contributed by atoms with Crippen LogP contribution in [0.5, 0.6) is 5.75 Å². The zero-order valence-electron chi connectivity index (χ0n) is 14.2. The third-order valence-electron chi connectivity index (χ3n) is 3.61. The Labute approximate surface area is 150 Å². The fraction of sp³-hybridized carbons (Fsp3) is 0.421. The van der Waals surface area contributed by atoms with E-state index in [4.69, 9.17) is 4.74 Å². The average molecular weight is 351 g/mol. The van der Waals surface area contributed by atoms with E-state index >= 15 is 0 Å². The molecule has 0 aliphatic heterocycles. The fourth-order valence-corrected chi connectivity index (χ4v) is 2.42. The summed E-state index contributed by atoms with van der Waals surface area (Å²) in [4.78, 5) is 11.7. The zero-order valence-corrected chi connectivity index (χ0v) is 15.0. The molecule has 0 saturated carbocycles. The third kappa shape index (κ3) is 6.77. The second kappa shape index (κ2) is 11.7. The van der Waals surface area contributed by atoms with Gasteiger partial charge >= 0.3 is 0 Å². The van der Waals surface area contributed by atoms with Gasteiger partial charge in [0.25, 0.3) is 0 Å². The predicted octanol–water partition coefficient (Wildman–Crippen LogP) is 3.54. The molecule has 0 saturated heterocycles. The number of nitrogens with one attached hydrogen (secondary N) is 2. The number of carbonyl (C=O) groups is 1. The van der Waals surface area contributed by atoms with Gasteiger partial charge in [-0.15, -0.1) is 12.4 Å². The summed E-state index contributed by atoms with van der Waals surface area (Å²) in [6, 6.07) is 14.2. The van der Waals surface area contributed by atoms with Gasteiger partial charge in [0.2, 0.25) is 5.91 Å². The SMILES string of the molecule is CCCNCCNC(=O)CCCOc1cccc2ccccc12.Cl. The van der Waals surface area contributed by atoms with Crippen LogP contribution in [0.15, 0.2) is 42.5 Å². The molecule has 5 heteroatoms. The van der Waals surface area contributed by atoms with Crippen LogP contribution in [0.25, 0.3) is 10.8 Å². The molecule has 0 aliphatic rings. The van der Waals surface area contributed by atoms with E-state index in [2.05, 4.69) is 35.8 Å². The Kier molecular flexibility index (Phi) is 9.89. The third-order valence-corrected chi connectivity index (χ3v) is 3.61. The fourth-order valence-electron chi connectivity index (χ4n) is 2.42. The molecule has 0 aliphatic carbocycles. The van der Waals surface area contributed by atoms with E-state index in [0.29, 0.717) is 19.6 Å². The quantitative estimate of drug-likeness (QED) is 0.644. The van der Waals surface area contributed by atoms with E-state index in [0.717, 1.165) is 37.1 Å². The second-order valence-corrected chi connectivity index (χ2v) is 5.53. The highest BCUT2D eigenvalue weighted by Crippen LogP contribution is 2.25. The van der Waals surface area contributed by atoms with Crippen molar-refractivity contribution in [2.45, 2.75) is 26.2 Å². The summed E-state index contributed by atoms with van der Waals surface area (Å²) in [5.41, 5.74) is 0. The summed E-state index contributed by atoms with van der Waals surface area (Å²) in [7, 11) is 0. The summed E-state index contributed by atoms with van der Waals surface area (Å²) in [6.45, 7) is 5.18. The van der Waals surface area contributed by atoms with Crippen molar-refractivity contribution < 1.29 is 9.53 Å². The molecule has 0 radical (unpaired) electrons. The first-order valence-electron chi connectivity index (χ1n) is 8.39. The molecule has 0 unspecified atom stereocenters. The molecule has 0 spiro atoms. The van der Waals surface area contributed by atoms with Crippen molar-refractivity contribution >= 4 is 29.1 Å². The van der Waals surface area contributed by atoms with Crippen LogP contribution in [0.3, 0.4) is 0 Å². The maximum Gasteiger partial charge on any atom is 0.220 e. The summed E-state index contributed by atoms with van der Waals surface area (Å²) < 4.78 is 5.83. The first-order chi connectivity index (χ1) is 11.3. The van der Waals surface area contributed by atoms with Crippen LogP contribution in [0.4, 0.5) is 0 Å². The summed E-state index contributed by atoms with van der Waals surface area (Å²) in [6.07, 6.45) is 2.33. The average Bonchev–Trinajstić information content (AvgIpc) is 2.58. The van der Waals surface area contributed by atoms with E-state index in [1.54, 1.807) is 0 Å². The number of ether oxygens (including phenoxy) is 1. The van der Waals surface area contributed by atoms with E-state index < -0.39 is 0 Å². The van der Waals surface area contributed by atoms with Crippen molar-refractivity contribution in [1.82, 2.24) is 10.6 Å². The van der Waals surface area contributed by atoms with Crippen LogP contribution in [-0.4, -0.2) is 32.1 Å². The van der Waals surface area contributed by atoms with Gasteiger partial charge in [-0.2, -0.15) is 0 Å². The van der Waals surface area contributed by atoms with Gasteiger partial charge in [-0.3, -0.25) is 4.79 Å². The zero-order chi connectivity index (χ0) is 16.3. The number of hydrogen-bond donors (Lipinski definition) is 2. The molecule has 2 aromatic carbocycles. The largest absolute Gasteiger partial charge is 0.493 e. The Bertz CT molecular complexity index is 614. The van der Waals surface area contributed by atoms with Gasteiger partial charge in [0, 0.05) is 24.9 Å². The lowest BCUT2D eigenvalue weighted by atomic mass is 10.1. The minimum absolute atomic E-state index is 0. The van der Waals surface area contributed by atoms with E-state index in [9.17, 15) is 4.79 Å². The number of carbonyl (C=O) groups excluding carboxylic acids is 1. The number of fused-ring (bicyclic) bond motifs is 1. The van der Waals surface area contributed by atoms with E-state index in [1.807, 2.05) is 24.3 Å². The Morgan fingerprint density at radius 1 is 1.04 bits per heavy atom. The smallest absolute Gasteiger partial charge is 0.220 e. The van der Waals surface area contributed by atoms with Gasteiger partial charge in [-0.05, 0) is 30.8 Å². The highest BCUT2D eigenvalue weighted by molar-refractivity contribution is 5.88. The minimum atomic E-state index is 0. The van der Waals surface area contributed by atoms with Crippen LogP contribution < -0.4 is 15.4 Å². The number of amides is 1. The minimum Gasteiger partial charge on any atom is -0.493 e. The molecule has 0 atom stereocenters. The van der Waals surface area contributed by atoms with Crippen molar-refractivity contribution in [3.05, 3.63) is 42.5 Å². The maximum atomic E-state index is 11.7. The predicted molar refractivity (Wildman–Crippen MR) is 102 cm³/mol. The van der Waals surface area contributed by atoms with Gasteiger partial charge < -0.3 is 15.4 Å². The summed E-state index contributed by atoms with van der Waals surface area (Å²) in [5.74, 6) is 0.970. The second-order valence-electron chi connectivity index (χ2n) is 5.53. The van der Waals surface area contributed by atoms with Crippen molar-refractivity contribution in [3.63, 3.8) is 0 Å². The molecule has 0 heterocycles. The molecular formula is C19H27ClN2O2. The molecule has 2 N–H and O–H groups in total. The highest BCUT2D eigenvalue weighted by atomic mass is 35.5. The lowest BCUT2D eigenvalue weighted by Crippen LogP contribution is -2.32. The number of halogens is 1. The molecule has 0 fully saturated rings. The topological polar surface area (TPSA) is 50.4 Å². The Hall–Kier alpha value is -1.78. The molecule has 4 nitrogen and oxygen atoms in total. The van der Waals surface area contributed by atoms with Gasteiger partial charge in [0.1, 0.15) is 5.75 Å². The first-order valence-corrected chi connectivity index (χ1v) is 8.39. The molecule has 24 heavy (non-hydrogen) atoms. The Morgan fingerprint density at radius 3 is 2.67 bits per heavy atom. The van der Waals surface area contributed by atoms with Crippen LogP contribution in [0.1, 0.15) is 26.2 Å². The molecule has 132 valence electrons. The van der Waals surface area contributed by atoms with Crippen LogP contribution in [0.2, 0.25) is 0 Å². The van der Waals surface area contributed by atoms with Crippen molar-refractivity contribution in [2.24, 2.45) is 0 Å². The summed E-state index contributed by atoms with van der Waals surface area (Å²) >= 11 is 0. The normalized spacial score (nSPS) is 10.2. The van der Waals surface area contributed by atoms with Gasteiger partial charge in [0.05, 0.1) is 6.61 Å². The number of benzene rings is 2. The van der Waals surface area contributed by atoms with Crippen LogP contribution in [-0.2, 0) is 4.79 Å². The van der Waals surface area contributed by atoms with Crippen molar-refractivity contribution in [1.29, 1.82) is 0 Å². The Morgan fingerprint density at radius 2 is 1.83 bits per heavy atom. The van der Waals surface area contributed by atoms with E-state index in [-0.39, 0.29) is 18.3 Å². The Balaban J connectivity index is 0.00000288.